The van der Waals surface area contributed by atoms with Gasteiger partial charge in [-0.1, -0.05) is 24.3 Å². The number of fused-ring (bicyclic) bond motifs is 1. The summed E-state index contributed by atoms with van der Waals surface area (Å²) in [6.45, 7) is 3.45. The van der Waals surface area contributed by atoms with Gasteiger partial charge in [-0.3, -0.25) is 4.79 Å². The van der Waals surface area contributed by atoms with Crippen LogP contribution in [0.3, 0.4) is 0 Å². The van der Waals surface area contributed by atoms with Crippen LogP contribution in [0.2, 0.25) is 0 Å². The molecule has 0 fully saturated rings. The van der Waals surface area contributed by atoms with Crippen LogP contribution in [0.4, 0.5) is 0 Å². The number of carbonyl (C=O) groups excluding carboxylic acids is 1. The molecular weight excluding hydrogens is 334 g/mol. The highest BCUT2D eigenvalue weighted by Crippen LogP contribution is 2.34. The zero-order chi connectivity index (χ0) is 17.8. The summed E-state index contributed by atoms with van der Waals surface area (Å²) >= 11 is 1.55. The van der Waals surface area contributed by atoms with Crippen LogP contribution in [0, 0.1) is 0 Å². The first-order valence-electron chi connectivity index (χ1n) is 8.36. The van der Waals surface area contributed by atoms with E-state index in [2.05, 4.69) is 18.2 Å². The van der Waals surface area contributed by atoms with Crippen LogP contribution >= 0.6 is 11.8 Å². The summed E-state index contributed by atoms with van der Waals surface area (Å²) in [5.41, 5.74) is 2.61. The molecule has 0 N–H and O–H groups in total. The lowest BCUT2D eigenvalue weighted by atomic mass is 10.00. The number of benzene rings is 2. The molecule has 0 radical (unpaired) electrons. The van der Waals surface area contributed by atoms with Gasteiger partial charge in [0.05, 0.1) is 19.5 Å². The Kier molecular flexibility index (Phi) is 5.53. The first kappa shape index (κ1) is 17.7. The Balaban J connectivity index is 1.67. The number of rotatable bonds is 5. The van der Waals surface area contributed by atoms with E-state index in [0.717, 1.165) is 17.9 Å². The second-order valence-electron chi connectivity index (χ2n) is 6.06. The minimum atomic E-state index is -0.150. The van der Waals surface area contributed by atoms with Gasteiger partial charge in [-0.05, 0) is 42.7 Å². The summed E-state index contributed by atoms with van der Waals surface area (Å²) in [5.74, 6) is 1.55. The molecule has 0 spiro atoms. The summed E-state index contributed by atoms with van der Waals surface area (Å²) in [5, 5.41) is -0.150. The molecule has 0 saturated heterocycles. The Labute approximate surface area is 153 Å². The molecule has 1 aliphatic heterocycles. The topological polar surface area (TPSA) is 38.8 Å². The molecule has 5 heteroatoms. The Morgan fingerprint density at radius 2 is 1.80 bits per heavy atom. The van der Waals surface area contributed by atoms with E-state index in [1.54, 1.807) is 26.0 Å². The third-order valence-corrected chi connectivity index (χ3v) is 5.54. The number of amides is 1. The molecular formula is C20H23NO3S. The first-order valence-corrected chi connectivity index (χ1v) is 9.24. The van der Waals surface area contributed by atoms with Crippen LogP contribution in [0.25, 0.3) is 0 Å². The van der Waals surface area contributed by atoms with Crippen molar-refractivity contribution in [2.75, 3.05) is 20.8 Å². The fraction of sp³-hybridized carbons (Fsp3) is 0.350. The van der Waals surface area contributed by atoms with Crippen molar-refractivity contribution in [1.29, 1.82) is 0 Å². The number of hydrogen-bond donors (Lipinski definition) is 0. The molecule has 2 aromatic carbocycles. The van der Waals surface area contributed by atoms with Gasteiger partial charge in [0, 0.05) is 18.0 Å². The molecule has 0 aromatic heterocycles. The SMILES string of the molecule is COc1ccc(S[C@H](C)C(=O)N2CCc3ccccc3C2)cc1OC. The van der Waals surface area contributed by atoms with Crippen LogP contribution < -0.4 is 9.47 Å². The maximum Gasteiger partial charge on any atom is 0.236 e. The van der Waals surface area contributed by atoms with Crippen LogP contribution in [0.5, 0.6) is 11.5 Å². The summed E-state index contributed by atoms with van der Waals surface area (Å²) in [6.07, 6.45) is 0.926. The third-order valence-electron chi connectivity index (χ3n) is 4.46. The molecule has 0 bridgehead atoms. The summed E-state index contributed by atoms with van der Waals surface area (Å²) in [6, 6.07) is 14.1. The van der Waals surface area contributed by atoms with Gasteiger partial charge in [0.1, 0.15) is 0 Å². The quantitative estimate of drug-likeness (QED) is 0.764. The molecule has 3 rings (SSSR count). The Bertz CT molecular complexity index is 762. The molecule has 0 saturated carbocycles. The van der Waals surface area contributed by atoms with E-state index in [0.29, 0.717) is 18.0 Å². The second kappa shape index (κ2) is 7.83. The number of hydrogen-bond acceptors (Lipinski definition) is 4. The van der Waals surface area contributed by atoms with E-state index in [1.165, 1.54) is 11.1 Å². The molecule has 0 aliphatic carbocycles. The highest BCUT2D eigenvalue weighted by Gasteiger charge is 2.25. The fourth-order valence-corrected chi connectivity index (χ4v) is 4.07. The van der Waals surface area contributed by atoms with Crippen LogP contribution in [-0.4, -0.2) is 36.8 Å². The van der Waals surface area contributed by atoms with Crippen molar-refractivity contribution in [3.63, 3.8) is 0 Å². The van der Waals surface area contributed by atoms with Gasteiger partial charge in [0.2, 0.25) is 5.91 Å². The van der Waals surface area contributed by atoms with Gasteiger partial charge in [0.15, 0.2) is 11.5 Å². The maximum atomic E-state index is 12.8. The standard InChI is InChI=1S/C20H23NO3S/c1-14(25-17-8-9-18(23-2)19(12-17)24-3)20(22)21-11-10-15-6-4-5-7-16(15)13-21/h4-9,12,14H,10-11,13H2,1-3H3/t14-/m1/s1. The summed E-state index contributed by atoms with van der Waals surface area (Å²) < 4.78 is 10.6. The number of ether oxygens (including phenoxy) is 2. The molecule has 1 amide bonds. The van der Waals surface area contributed by atoms with E-state index >= 15 is 0 Å². The van der Waals surface area contributed by atoms with Crippen LogP contribution in [0.15, 0.2) is 47.4 Å². The summed E-state index contributed by atoms with van der Waals surface area (Å²) in [4.78, 5) is 15.8. The Morgan fingerprint density at radius 3 is 2.52 bits per heavy atom. The Morgan fingerprint density at radius 1 is 1.08 bits per heavy atom. The fourth-order valence-electron chi connectivity index (χ4n) is 3.09. The minimum Gasteiger partial charge on any atom is -0.493 e. The van der Waals surface area contributed by atoms with E-state index in [1.807, 2.05) is 36.1 Å². The molecule has 2 aromatic rings. The average molecular weight is 357 g/mol. The van der Waals surface area contributed by atoms with Crippen molar-refractivity contribution < 1.29 is 14.3 Å². The normalized spacial score (nSPS) is 14.6. The third kappa shape index (κ3) is 3.93. The molecule has 0 unspecified atom stereocenters. The number of thioether (sulfide) groups is 1. The van der Waals surface area contributed by atoms with Gasteiger partial charge in [-0.15, -0.1) is 11.8 Å². The monoisotopic (exact) mass is 357 g/mol. The zero-order valence-electron chi connectivity index (χ0n) is 14.8. The molecule has 1 heterocycles. The lowest BCUT2D eigenvalue weighted by Crippen LogP contribution is -2.40. The van der Waals surface area contributed by atoms with Crippen molar-refractivity contribution >= 4 is 17.7 Å². The van der Waals surface area contributed by atoms with Crippen LogP contribution in [0.1, 0.15) is 18.1 Å². The predicted molar refractivity (Wildman–Crippen MR) is 100 cm³/mol. The Hall–Kier alpha value is -2.14. The zero-order valence-corrected chi connectivity index (χ0v) is 15.6. The van der Waals surface area contributed by atoms with Crippen molar-refractivity contribution in [3.05, 3.63) is 53.6 Å². The molecule has 25 heavy (non-hydrogen) atoms. The highest BCUT2D eigenvalue weighted by molar-refractivity contribution is 8.00. The minimum absolute atomic E-state index is 0.150. The largest absolute Gasteiger partial charge is 0.493 e. The maximum absolute atomic E-state index is 12.8. The lowest BCUT2D eigenvalue weighted by molar-refractivity contribution is -0.131. The van der Waals surface area contributed by atoms with Gasteiger partial charge in [0.25, 0.3) is 0 Å². The van der Waals surface area contributed by atoms with Crippen molar-refractivity contribution in [3.8, 4) is 11.5 Å². The molecule has 1 atom stereocenters. The number of carbonyl (C=O) groups is 1. The van der Waals surface area contributed by atoms with Gasteiger partial charge < -0.3 is 14.4 Å². The van der Waals surface area contributed by atoms with Gasteiger partial charge in [-0.25, -0.2) is 0 Å². The van der Waals surface area contributed by atoms with Gasteiger partial charge >= 0.3 is 0 Å². The molecule has 1 aliphatic rings. The number of nitrogens with zero attached hydrogens (tertiary/aromatic N) is 1. The first-order chi connectivity index (χ1) is 12.1. The second-order valence-corrected chi connectivity index (χ2v) is 7.47. The van der Waals surface area contributed by atoms with E-state index in [9.17, 15) is 4.79 Å². The molecule has 4 nitrogen and oxygen atoms in total. The van der Waals surface area contributed by atoms with Crippen LogP contribution in [-0.2, 0) is 17.8 Å². The van der Waals surface area contributed by atoms with Crippen molar-refractivity contribution in [2.45, 2.75) is 30.0 Å². The van der Waals surface area contributed by atoms with E-state index < -0.39 is 0 Å². The molecule has 132 valence electrons. The average Bonchev–Trinajstić information content (AvgIpc) is 2.66. The van der Waals surface area contributed by atoms with Crippen molar-refractivity contribution in [2.24, 2.45) is 0 Å². The highest BCUT2D eigenvalue weighted by atomic mass is 32.2. The number of methoxy groups -OCH3 is 2. The van der Waals surface area contributed by atoms with Crippen molar-refractivity contribution in [1.82, 2.24) is 4.90 Å². The van der Waals surface area contributed by atoms with E-state index in [4.69, 9.17) is 9.47 Å². The van der Waals surface area contributed by atoms with Gasteiger partial charge in [-0.2, -0.15) is 0 Å². The summed E-state index contributed by atoms with van der Waals surface area (Å²) in [7, 11) is 3.23. The lowest BCUT2D eigenvalue weighted by Gasteiger charge is -2.30. The van der Waals surface area contributed by atoms with E-state index in [-0.39, 0.29) is 11.2 Å². The predicted octanol–water partition coefficient (Wildman–Crippen LogP) is 3.77. The smallest absolute Gasteiger partial charge is 0.236 e.